The molecule has 0 amide bonds. The summed E-state index contributed by atoms with van der Waals surface area (Å²) in [6.07, 6.45) is 1.84. The van der Waals surface area contributed by atoms with Crippen LogP contribution in [0.3, 0.4) is 0 Å². The maximum absolute atomic E-state index is 11.2. The molecule has 1 nitrogen and oxygen atoms in total. The van der Waals surface area contributed by atoms with E-state index < -0.39 is 0 Å². The van der Waals surface area contributed by atoms with Gasteiger partial charge < -0.3 is 0 Å². The van der Waals surface area contributed by atoms with E-state index >= 15 is 0 Å². The molecule has 1 aliphatic carbocycles. The molecule has 0 bridgehead atoms. The van der Waals surface area contributed by atoms with Gasteiger partial charge in [0.2, 0.25) is 0 Å². The zero-order chi connectivity index (χ0) is 9.42. The van der Waals surface area contributed by atoms with Crippen molar-refractivity contribution >= 4 is 29.0 Å². The summed E-state index contributed by atoms with van der Waals surface area (Å²) in [6.45, 7) is 0. The Morgan fingerprint density at radius 2 is 1.92 bits per heavy atom. The molecule has 3 heteroatoms. The molecule has 0 N–H and O–H groups in total. The van der Waals surface area contributed by atoms with Crippen LogP contribution in [0.25, 0.3) is 0 Å². The monoisotopic (exact) mass is 214 g/mol. The highest BCUT2D eigenvalue weighted by molar-refractivity contribution is 6.35. The number of rotatable bonds is 0. The van der Waals surface area contributed by atoms with Crippen molar-refractivity contribution in [1.29, 1.82) is 0 Å². The van der Waals surface area contributed by atoms with E-state index in [0.29, 0.717) is 22.9 Å². The minimum absolute atomic E-state index is 0.269. The van der Waals surface area contributed by atoms with E-state index in [1.54, 1.807) is 6.07 Å². The standard InChI is InChI=1S/C10H8Cl2O/c11-7-3-6-4-8(13)1-2-9(6)10(12)5-7/h3,5H,1-2,4H2. The molecule has 0 aromatic heterocycles. The number of Topliss-reactive ketones (excluding diaryl/α,β-unsaturated/α-hetero) is 1. The zero-order valence-corrected chi connectivity index (χ0v) is 8.45. The molecule has 0 atom stereocenters. The van der Waals surface area contributed by atoms with E-state index in [2.05, 4.69) is 0 Å². The molecule has 0 heterocycles. The molecule has 0 saturated heterocycles. The average Bonchev–Trinajstić information content (AvgIpc) is 2.02. The van der Waals surface area contributed by atoms with Gasteiger partial charge >= 0.3 is 0 Å². The highest BCUT2D eigenvalue weighted by atomic mass is 35.5. The second-order valence-corrected chi connectivity index (χ2v) is 4.08. The van der Waals surface area contributed by atoms with E-state index in [9.17, 15) is 4.79 Å². The lowest BCUT2D eigenvalue weighted by Gasteiger charge is -2.16. The Kier molecular flexibility index (Phi) is 2.31. The molecular weight excluding hydrogens is 207 g/mol. The molecule has 0 radical (unpaired) electrons. The van der Waals surface area contributed by atoms with Crippen molar-refractivity contribution in [1.82, 2.24) is 0 Å². The maximum Gasteiger partial charge on any atom is 0.137 e. The number of halogens is 2. The third-order valence-electron chi connectivity index (χ3n) is 2.29. The van der Waals surface area contributed by atoms with Crippen LogP contribution in [-0.4, -0.2) is 5.78 Å². The average molecular weight is 215 g/mol. The predicted octanol–water partition coefficient (Wildman–Crippen LogP) is 3.05. The summed E-state index contributed by atoms with van der Waals surface area (Å²) in [4.78, 5) is 11.2. The van der Waals surface area contributed by atoms with Crippen LogP contribution in [0.2, 0.25) is 10.0 Å². The van der Waals surface area contributed by atoms with Gasteiger partial charge in [0, 0.05) is 22.9 Å². The lowest BCUT2D eigenvalue weighted by Crippen LogP contribution is -2.13. The Labute approximate surface area is 86.7 Å². The fourth-order valence-electron chi connectivity index (χ4n) is 1.66. The van der Waals surface area contributed by atoms with E-state index in [4.69, 9.17) is 23.2 Å². The summed E-state index contributed by atoms with van der Waals surface area (Å²) in [5, 5.41) is 1.30. The van der Waals surface area contributed by atoms with Gasteiger partial charge in [-0.3, -0.25) is 4.79 Å². The van der Waals surface area contributed by atoms with Gasteiger partial charge in [-0.25, -0.2) is 0 Å². The van der Waals surface area contributed by atoms with Crippen molar-refractivity contribution in [3.05, 3.63) is 33.3 Å². The van der Waals surface area contributed by atoms with Gasteiger partial charge in [0.1, 0.15) is 5.78 Å². The number of benzene rings is 1. The van der Waals surface area contributed by atoms with Gasteiger partial charge in [-0.05, 0) is 29.7 Å². The van der Waals surface area contributed by atoms with Crippen LogP contribution in [0.1, 0.15) is 17.5 Å². The predicted molar refractivity (Wildman–Crippen MR) is 53.5 cm³/mol. The summed E-state index contributed by atoms with van der Waals surface area (Å²) in [7, 11) is 0. The Balaban J connectivity index is 2.53. The van der Waals surface area contributed by atoms with Crippen molar-refractivity contribution in [2.24, 2.45) is 0 Å². The summed E-state index contributed by atoms with van der Waals surface area (Å²) in [6, 6.07) is 3.57. The first-order valence-corrected chi connectivity index (χ1v) is 4.91. The van der Waals surface area contributed by atoms with Gasteiger partial charge in [0.05, 0.1) is 0 Å². The van der Waals surface area contributed by atoms with Gasteiger partial charge in [-0.2, -0.15) is 0 Å². The topological polar surface area (TPSA) is 17.1 Å². The molecule has 1 aromatic carbocycles. The summed E-state index contributed by atoms with van der Waals surface area (Å²) < 4.78 is 0. The molecule has 0 saturated carbocycles. The number of ketones is 1. The highest BCUT2D eigenvalue weighted by Crippen LogP contribution is 2.29. The van der Waals surface area contributed by atoms with Crippen LogP contribution in [0.4, 0.5) is 0 Å². The van der Waals surface area contributed by atoms with Crippen molar-refractivity contribution in [3.63, 3.8) is 0 Å². The number of carbonyl (C=O) groups is 1. The Morgan fingerprint density at radius 1 is 1.15 bits per heavy atom. The van der Waals surface area contributed by atoms with Crippen LogP contribution in [0, 0.1) is 0 Å². The van der Waals surface area contributed by atoms with Crippen molar-refractivity contribution in [2.75, 3.05) is 0 Å². The molecule has 13 heavy (non-hydrogen) atoms. The summed E-state index contributed by atoms with van der Waals surface area (Å²) in [5.41, 5.74) is 2.08. The SMILES string of the molecule is O=C1CCc2c(Cl)cc(Cl)cc2C1. The molecule has 0 aliphatic heterocycles. The fourth-order valence-corrected chi connectivity index (χ4v) is 2.29. The smallest absolute Gasteiger partial charge is 0.137 e. The van der Waals surface area contributed by atoms with Crippen LogP contribution in [-0.2, 0) is 17.6 Å². The molecule has 68 valence electrons. The van der Waals surface area contributed by atoms with E-state index in [1.807, 2.05) is 6.07 Å². The molecule has 1 aromatic rings. The summed E-state index contributed by atoms with van der Waals surface area (Å²) in [5.74, 6) is 0.269. The largest absolute Gasteiger partial charge is 0.299 e. The number of hydrogen-bond acceptors (Lipinski definition) is 1. The van der Waals surface area contributed by atoms with E-state index in [-0.39, 0.29) is 5.78 Å². The minimum atomic E-state index is 0.269. The van der Waals surface area contributed by atoms with E-state index in [0.717, 1.165) is 17.5 Å². The lowest BCUT2D eigenvalue weighted by molar-refractivity contribution is -0.118. The molecule has 0 fully saturated rings. The second-order valence-electron chi connectivity index (χ2n) is 3.24. The normalized spacial score (nSPS) is 15.7. The molecule has 0 spiro atoms. The van der Waals surface area contributed by atoms with Crippen molar-refractivity contribution in [3.8, 4) is 0 Å². The molecule has 0 unspecified atom stereocenters. The quantitative estimate of drug-likeness (QED) is 0.649. The van der Waals surface area contributed by atoms with Crippen molar-refractivity contribution in [2.45, 2.75) is 19.3 Å². The first kappa shape index (κ1) is 9.04. The number of hydrogen-bond donors (Lipinski definition) is 0. The Morgan fingerprint density at radius 3 is 2.69 bits per heavy atom. The third-order valence-corrected chi connectivity index (χ3v) is 2.85. The Hall–Kier alpha value is -0.530. The first-order chi connectivity index (χ1) is 6.16. The zero-order valence-electron chi connectivity index (χ0n) is 6.94. The van der Waals surface area contributed by atoms with Crippen LogP contribution < -0.4 is 0 Å². The molecule has 1 aliphatic rings. The first-order valence-electron chi connectivity index (χ1n) is 4.15. The summed E-state index contributed by atoms with van der Waals surface area (Å²) >= 11 is 11.8. The second kappa shape index (κ2) is 3.32. The highest BCUT2D eigenvalue weighted by Gasteiger charge is 2.18. The third kappa shape index (κ3) is 1.72. The fraction of sp³-hybridized carbons (Fsp3) is 0.300. The van der Waals surface area contributed by atoms with Crippen LogP contribution in [0.5, 0.6) is 0 Å². The van der Waals surface area contributed by atoms with Crippen LogP contribution >= 0.6 is 23.2 Å². The van der Waals surface area contributed by atoms with Gasteiger partial charge in [-0.15, -0.1) is 0 Å². The maximum atomic E-state index is 11.2. The minimum Gasteiger partial charge on any atom is -0.299 e. The number of carbonyl (C=O) groups excluding carboxylic acids is 1. The lowest BCUT2D eigenvalue weighted by atomic mass is 9.91. The van der Waals surface area contributed by atoms with Gasteiger partial charge in [0.15, 0.2) is 0 Å². The van der Waals surface area contributed by atoms with Crippen LogP contribution in [0.15, 0.2) is 12.1 Å². The van der Waals surface area contributed by atoms with Crippen molar-refractivity contribution < 1.29 is 4.79 Å². The number of fused-ring (bicyclic) bond motifs is 1. The van der Waals surface area contributed by atoms with E-state index in [1.165, 1.54) is 0 Å². The molecule has 2 rings (SSSR count). The van der Waals surface area contributed by atoms with Gasteiger partial charge in [-0.1, -0.05) is 23.2 Å². The molecular formula is C10H8Cl2O. The Bertz CT molecular complexity index is 371. The van der Waals surface area contributed by atoms with Gasteiger partial charge in [0.25, 0.3) is 0 Å².